The van der Waals surface area contributed by atoms with Gasteiger partial charge in [-0.3, -0.25) is 4.79 Å². The number of anilines is 1. The summed E-state index contributed by atoms with van der Waals surface area (Å²) in [7, 11) is 0. The maximum Gasteiger partial charge on any atom is 0.248 e. The molecule has 0 unspecified atom stereocenters. The van der Waals surface area contributed by atoms with E-state index >= 15 is 0 Å². The lowest BCUT2D eigenvalue weighted by molar-refractivity contribution is -0.117. The first-order valence-corrected chi connectivity index (χ1v) is 9.10. The molecule has 0 aromatic heterocycles. The summed E-state index contributed by atoms with van der Waals surface area (Å²) in [5, 5.41) is 3.34. The Morgan fingerprint density at radius 3 is 2.68 bits per heavy atom. The molecule has 0 saturated carbocycles. The molecule has 1 N–H and O–H groups in total. The van der Waals surface area contributed by atoms with Crippen LogP contribution >= 0.6 is 24.0 Å². The van der Waals surface area contributed by atoms with E-state index in [9.17, 15) is 4.79 Å². The SMILES string of the molecule is CCNC(=NCC(=O)N1CCc2ccccc21)N1CCC(C)CC1.I. The third kappa shape index (κ3) is 4.86. The van der Waals surface area contributed by atoms with Gasteiger partial charge in [0.25, 0.3) is 0 Å². The summed E-state index contributed by atoms with van der Waals surface area (Å²) in [4.78, 5) is 21.4. The van der Waals surface area contributed by atoms with E-state index in [-0.39, 0.29) is 36.4 Å². The monoisotopic (exact) mass is 456 g/mol. The first-order chi connectivity index (χ1) is 11.7. The Morgan fingerprint density at radius 1 is 1.24 bits per heavy atom. The maximum absolute atomic E-state index is 12.6. The Hall–Kier alpha value is -1.31. The van der Waals surface area contributed by atoms with Crippen molar-refractivity contribution in [2.24, 2.45) is 10.9 Å². The number of aliphatic imine (C=N–C) groups is 1. The Labute approximate surface area is 167 Å². The molecule has 1 amide bonds. The number of rotatable bonds is 3. The van der Waals surface area contributed by atoms with Crippen LogP contribution in [0.15, 0.2) is 29.3 Å². The molecule has 2 aliphatic heterocycles. The number of nitrogens with one attached hydrogen (secondary N) is 1. The predicted molar refractivity (Wildman–Crippen MR) is 114 cm³/mol. The topological polar surface area (TPSA) is 47.9 Å². The number of hydrogen-bond donors (Lipinski definition) is 1. The summed E-state index contributed by atoms with van der Waals surface area (Å²) in [6.07, 6.45) is 3.32. The Kier molecular flexibility index (Phi) is 7.53. The summed E-state index contributed by atoms with van der Waals surface area (Å²) in [5.74, 6) is 1.75. The van der Waals surface area contributed by atoms with Crippen molar-refractivity contribution < 1.29 is 4.79 Å². The fourth-order valence-electron chi connectivity index (χ4n) is 3.47. The van der Waals surface area contributed by atoms with E-state index in [0.29, 0.717) is 0 Å². The minimum Gasteiger partial charge on any atom is -0.357 e. The molecule has 1 fully saturated rings. The fourth-order valence-corrected chi connectivity index (χ4v) is 3.47. The molecule has 1 aromatic carbocycles. The largest absolute Gasteiger partial charge is 0.357 e. The van der Waals surface area contributed by atoms with Crippen LogP contribution in [0, 0.1) is 5.92 Å². The molecule has 5 nitrogen and oxygen atoms in total. The molecule has 2 aliphatic rings. The highest BCUT2D eigenvalue weighted by Gasteiger charge is 2.24. The summed E-state index contributed by atoms with van der Waals surface area (Å²) in [6, 6.07) is 8.16. The number of nitrogens with zero attached hydrogens (tertiary/aromatic N) is 3. The van der Waals surface area contributed by atoms with Gasteiger partial charge in [0.05, 0.1) is 0 Å². The molecule has 0 atom stereocenters. The number of benzene rings is 1. The lowest BCUT2D eigenvalue weighted by Crippen LogP contribution is -2.46. The smallest absolute Gasteiger partial charge is 0.248 e. The minimum atomic E-state index is 0. The van der Waals surface area contributed by atoms with Crippen molar-refractivity contribution in [2.75, 3.05) is 37.6 Å². The molecule has 0 radical (unpaired) electrons. The zero-order valence-corrected chi connectivity index (χ0v) is 17.5. The Balaban J connectivity index is 0.00000225. The van der Waals surface area contributed by atoms with Crippen LogP contribution in [0.25, 0.3) is 0 Å². The molecule has 6 heteroatoms. The second-order valence-corrected chi connectivity index (χ2v) is 6.76. The third-order valence-electron chi connectivity index (χ3n) is 4.97. The van der Waals surface area contributed by atoms with Gasteiger partial charge < -0.3 is 15.1 Å². The molecule has 0 aliphatic carbocycles. The van der Waals surface area contributed by atoms with E-state index < -0.39 is 0 Å². The number of carbonyl (C=O) groups is 1. The van der Waals surface area contributed by atoms with Crippen LogP contribution in [-0.4, -0.2) is 49.5 Å². The molecule has 0 spiro atoms. The fraction of sp³-hybridized carbons (Fsp3) is 0.579. The predicted octanol–water partition coefficient (Wildman–Crippen LogP) is 2.89. The summed E-state index contributed by atoms with van der Waals surface area (Å²) in [5.41, 5.74) is 2.31. The quantitative estimate of drug-likeness (QED) is 0.433. The van der Waals surface area contributed by atoms with Gasteiger partial charge in [-0.15, -0.1) is 24.0 Å². The molecule has 0 bridgehead atoms. The molecule has 2 heterocycles. The van der Waals surface area contributed by atoms with E-state index in [0.717, 1.165) is 50.2 Å². The van der Waals surface area contributed by atoms with Crippen molar-refractivity contribution in [3.8, 4) is 0 Å². The number of likely N-dealkylation sites (tertiary alicyclic amines) is 1. The van der Waals surface area contributed by atoms with Crippen LogP contribution in [-0.2, 0) is 11.2 Å². The van der Waals surface area contributed by atoms with Gasteiger partial charge in [0.1, 0.15) is 6.54 Å². The zero-order valence-electron chi connectivity index (χ0n) is 15.2. The van der Waals surface area contributed by atoms with E-state index in [1.54, 1.807) is 0 Å². The Bertz CT molecular complexity index is 611. The third-order valence-corrected chi connectivity index (χ3v) is 4.97. The molecule has 3 rings (SSSR count). The van der Waals surface area contributed by atoms with Gasteiger partial charge in [-0.2, -0.15) is 0 Å². The van der Waals surface area contributed by atoms with Gasteiger partial charge in [0.2, 0.25) is 5.91 Å². The number of para-hydroxylation sites is 1. The normalized spacial score (nSPS) is 17.9. The van der Waals surface area contributed by atoms with Gasteiger partial charge in [-0.25, -0.2) is 4.99 Å². The molecule has 138 valence electrons. The number of halogens is 1. The van der Waals surface area contributed by atoms with Crippen molar-refractivity contribution in [1.82, 2.24) is 10.2 Å². The Morgan fingerprint density at radius 2 is 1.96 bits per heavy atom. The summed E-state index contributed by atoms with van der Waals surface area (Å²) >= 11 is 0. The number of carbonyl (C=O) groups excluding carboxylic acids is 1. The lowest BCUT2D eigenvalue weighted by atomic mass is 10.00. The first kappa shape index (κ1) is 20.0. The number of piperidine rings is 1. The highest BCUT2D eigenvalue weighted by atomic mass is 127. The van der Waals surface area contributed by atoms with Crippen LogP contribution in [0.4, 0.5) is 5.69 Å². The molecule has 1 saturated heterocycles. The molecular weight excluding hydrogens is 427 g/mol. The second kappa shape index (κ2) is 9.40. The van der Waals surface area contributed by atoms with Gasteiger partial charge in [0, 0.05) is 31.9 Å². The highest BCUT2D eigenvalue weighted by molar-refractivity contribution is 14.0. The van der Waals surface area contributed by atoms with Crippen LogP contribution < -0.4 is 10.2 Å². The van der Waals surface area contributed by atoms with Gasteiger partial charge in [-0.05, 0) is 43.7 Å². The van der Waals surface area contributed by atoms with Crippen molar-refractivity contribution in [3.63, 3.8) is 0 Å². The number of fused-ring (bicyclic) bond motifs is 1. The van der Waals surface area contributed by atoms with E-state index in [1.165, 1.54) is 18.4 Å². The van der Waals surface area contributed by atoms with Crippen molar-refractivity contribution >= 4 is 41.5 Å². The van der Waals surface area contributed by atoms with Crippen LogP contribution in [0.5, 0.6) is 0 Å². The van der Waals surface area contributed by atoms with Gasteiger partial charge in [0.15, 0.2) is 5.96 Å². The van der Waals surface area contributed by atoms with E-state index in [2.05, 4.69) is 35.1 Å². The number of hydrogen-bond acceptors (Lipinski definition) is 2. The minimum absolute atomic E-state index is 0. The lowest BCUT2D eigenvalue weighted by Gasteiger charge is -2.33. The average Bonchev–Trinajstić information content (AvgIpc) is 3.03. The number of guanidine groups is 1. The molecule has 1 aromatic rings. The van der Waals surface area contributed by atoms with E-state index in [4.69, 9.17) is 0 Å². The highest BCUT2D eigenvalue weighted by Crippen LogP contribution is 2.27. The van der Waals surface area contributed by atoms with Crippen LogP contribution in [0.3, 0.4) is 0 Å². The van der Waals surface area contributed by atoms with Crippen molar-refractivity contribution in [2.45, 2.75) is 33.1 Å². The first-order valence-electron chi connectivity index (χ1n) is 9.10. The van der Waals surface area contributed by atoms with E-state index in [1.807, 2.05) is 23.1 Å². The standard InChI is InChI=1S/C19H28N4O.HI/c1-3-20-19(22-11-8-15(2)9-12-22)21-14-18(24)23-13-10-16-6-4-5-7-17(16)23;/h4-7,15H,3,8-14H2,1-2H3,(H,20,21);1H. The van der Waals surface area contributed by atoms with Crippen molar-refractivity contribution in [1.29, 1.82) is 0 Å². The average molecular weight is 456 g/mol. The van der Waals surface area contributed by atoms with Crippen LogP contribution in [0.2, 0.25) is 0 Å². The summed E-state index contributed by atoms with van der Waals surface area (Å²) < 4.78 is 0. The number of amides is 1. The molecule has 25 heavy (non-hydrogen) atoms. The van der Waals surface area contributed by atoms with Gasteiger partial charge in [-0.1, -0.05) is 25.1 Å². The van der Waals surface area contributed by atoms with Crippen LogP contribution in [0.1, 0.15) is 32.3 Å². The van der Waals surface area contributed by atoms with Gasteiger partial charge >= 0.3 is 0 Å². The summed E-state index contributed by atoms with van der Waals surface area (Å²) in [6.45, 7) is 8.22. The van der Waals surface area contributed by atoms with Crippen molar-refractivity contribution in [3.05, 3.63) is 29.8 Å². The zero-order chi connectivity index (χ0) is 16.9. The molecular formula is C19H29IN4O. The maximum atomic E-state index is 12.6. The second-order valence-electron chi connectivity index (χ2n) is 6.76.